The molecule has 0 aliphatic carbocycles. The highest BCUT2D eigenvalue weighted by atomic mass is 16.5. The second kappa shape index (κ2) is 10.8. The van der Waals surface area contributed by atoms with E-state index in [4.69, 9.17) is 4.74 Å². The van der Waals surface area contributed by atoms with Gasteiger partial charge < -0.3 is 20.3 Å². The lowest BCUT2D eigenvalue weighted by Crippen LogP contribution is -2.23. The Labute approximate surface area is 182 Å². The first kappa shape index (κ1) is 21.9. The Hall–Kier alpha value is -3.80. The van der Waals surface area contributed by atoms with Crippen molar-refractivity contribution in [2.24, 2.45) is 0 Å². The Bertz CT molecular complexity index is 1020. The minimum Gasteiger partial charge on any atom is -0.493 e. The highest BCUT2D eigenvalue weighted by Gasteiger charge is 2.09. The Kier molecular flexibility index (Phi) is 7.65. The van der Waals surface area contributed by atoms with Gasteiger partial charge in [-0.15, -0.1) is 0 Å². The third-order valence-corrected chi connectivity index (χ3v) is 4.59. The molecular formula is C25H27N3O3. The minimum atomic E-state index is -0.204. The summed E-state index contributed by atoms with van der Waals surface area (Å²) in [5.74, 6) is 0.430. The molecule has 0 aliphatic heterocycles. The zero-order valence-electron chi connectivity index (χ0n) is 17.8. The number of carbonyl (C=O) groups excluding carboxylic acids is 2. The summed E-state index contributed by atoms with van der Waals surface area (Å²) in [6.45, 7) is 0.676. The molecule has 0 spiro atoms. The Balaban J connectivity index is 1.48. The number of rotatable bonds is 9. The molecule has 2 N–H and O–H groups in total. The summed E-state index contributed by atoms with van der Waals surface area (Å²) in [4.78, 5) is 25.9. The number of benzene rings is 3. The zero-order chi connectivity index (χ0) is 22.1. The normalized spacial score (nSPS) is 10.3. The summed E-state index contributed by atoms with van der Waals surface area (Å²) < 4.78 is 5.83. The molecule has 0 heterocycles. The number of nitrogens with one attached hydrogen (secondary N) is 2. The maximum Gasteiger partial charge on any atom is 0.253 e. The molecule has 2 amide bonds. The quantitative estimate of drug-likeness (QED) is 0.551. The number of hydrogen-bond acceptors (Lipinski definition) is 4. The Morgan fingerprint density at radius 2 is 1.61 bits per heavy atom. The predicted octanol–water partition coefficient (Wildman–Crippen LogP) is 4.06. The summed E-state index contributed by atoms with van der Waals surface area (Å²) >= 11 is 0. The molecule has 6 nitrogen and oxygen atoms in total. The molecule has 0 atom stereocenters. The number of hydrogen-bond donors (Lipinski definition) is 2. The van der Waals surface area contributed by atoms with Crippen LogP contribution in [-0.4, -0.2) is 44.0 Å². The van der Waals surface area contributed by atoms with Crippen molar-refractivity contribution in [2.75, 3.05) is 37.9 Å². The SMILES string of the molecule is CN(C)C(=O)c1cccc(NC(=O)CNc2cccc(OCCc3ccccc3)c2)c1. The molecule has 6 heteroatoms. The van der Waals surface area contributed by atoms with E-state index in [1.54, 1.807) is 38.4 Å². The third-order valence-electron chi connectivity index (χ3n) is 4.59. The first-order valence-electron chi connectivity index (χ1n) is 10.1. The van der Waals surface area contributed by atoms with Gasteiger partial charge in [0.05, 0.1) is 13.2 Å². The van der Waals surface area contributed by atoms with E-state index >= 15 is 0 Å². The first-order chi connectivity index (χ1) is 15.0. The van der Waals surface area contributed by atoms with Gasteiger partial charge in [-0.25, -0.2) is 0 Å². The standard InChI is InChI=1S/C25H27N3O3/c1-28(2)25(30)20-10-6-12-22(16-20)27-24(29)18-26-21-11-7-13-23(17-21)31-15-14-19-8-4-3-5-9-19/h3-13,16-17,26H,14-15,18H2,1-2H3,(H,27,29). The lowest BCUT2D eigenvalue weighted by molar-refractivity contribution is -0.114. The molecule has 0 saturated carbocycles. The van der Waals surface area contributed by atoms with Crippen LogP contribution in [0.3, 0.4) is 0 Å². The van der Waals surface area contributed by atoms with Crippen molar-refractivity contribution < 1.29 is 14.3 Å². The van der Waals surface area contributed by atoms with Crippen LogP contribution in [0.15, 0.2) is 78.9 Å². The molecule has 3 rings (SSSR count). The maximum absolute atomic E-state index is 12.3. The number of carbonyl (C=O) groups is 2. The largest absolute Gasteiger partial charge is 0.493 e. The third kappa shape index (κ3) is 6.89. The van der Waals surface area contributed by atoms with Gasteiger partial charge in [-0.2, -0.15) is 0 Å². The Morgan fingerprint density at radius 3 is 2.39 bits per heavy atom. The van der Waals surface area contributed by atoms with E-state index in [1.165, 1.54) is 10.5 Å². The van der Waals surface area contributed by atoms with Gasteiger partial charge in [-0.3, -0.25) is 9.59 Å². The van der Waals surface area contributed by atoms with Crippen LogP contribution < -0.4 is 15.4 Å². The summed E-state index contributed by atoms with van der Waals surface area (Å²) in [5, 5.41) is 5.91. The average molecular weight is 418 g/mol. The van der Waals surface area contributed by atoms with Crippen LogP contribution in [-0.2, 0) is 11.2 Å². The molecule has 31 heavy (non-hydrogen) atoms. The molecule has 0 fully saturated rings. The van der Waals surface area contributed by atoms with Crippen molar-refractivity contribution in [3.05, 3.63) is 90.0 Å². The molecule has 3 aromatic carbocycles. The molecule has 0 aromatic heterocycles. The molecule has 0 bridgehead atoms. The van der Waals surface area contributed by atoms with Crippen molar-refractivity contribution in [1.82, 2.24) is 4.90 Å². The topological polar surface area (TPSA) is 70.7 Å². The van der Waals surface area contributed by atoms with Gasteiger partial charge in [-0.05, 0) is 35.9 Å². The lowest BCUT2D eigenvalue weighted by atomic mass is 10.2. The molecule has 3 aromatic rings. The van der Waals surface area contributed by atoms with Gasteiger partial charge in [0.2, 0.25) is 5.91 Å². The summed E-state index contributed by atoms with van der Waals surface area (Å²) in [6.07, 6.45) is 0.830. The van der Waals surface area contributed by atoms with Crippen LogP contribution in [0.2, 0.25) is 0 Å². The molecule has 160 valence electrons. The fraction of sp³-hybridized carbons (Fsp3) is 0.200. The molecule has 0 radical (unpaired) electrons. The van der Waals surface area contributed by atoms with E-state index in [0.717, 1.165) is 17.9 Å². The van der Waals surface area contributed by atoms with Crippen molar-refractivity contribution in [3.63, 3.8) is 0 Å². The van der Waals surface area contributed by atoms with E-state index in [2.05, 4.69) is 22.8 Å². The number of nitrogens with zero attached hydrogens (tertiary/aromatic N) is 1. The molecule has 0 saturated heterocycles. The van der Waals surface area contributed by atoms with E-state index in [9.17, 15) is 9.59 Å². The Morgan fingerprint density at radius 1 is 0.871 bits per heavy atom. The summed E-state index contributed by atoms with van der Waals surface area (Å²) in [7, 11) is 3.38. The highest BCUT2D eigenvalue weighted by Crippen LogP contribution is 2.18. The van der Waals surface area contributed by atoms with Gasteiger partial charge in [0.25, 0.3) is 5.91 Å². The van der Waals surface area contributed by atoms with Crippen LogP contribution in [0.5, 0.6) is 5.75 Å². The second-order valence-electron chi connectivity index (χ2n) is 7.29. The van der Waals surface area contributed by atoms with Crippen LogP contribution in [0.25, 0.3) is 0 Å². The molecule has 0 aliphatic rings. The van der Waals surface area contributed by atoms with E-state index in [1.807, 2.05) is 42.5 Å². The summed E-state index contributed by atoms with van der Waals surface area (Å²) in [5.41, 5.74) is 3.13. The number of ether oxygens (including phenoxy) is 1. The van der Waals surface area contributed by atoms with Crippen LogP contribution in [0, 0.1) is 0 Å². The maximum atomic E-state index is 12.3. The van der Waals surface area contributed by atoms with Crippen molar-refractivity contribution in [2.45, 2.75) is 6.42 Å². The van der Waals surface area contributed by atoms with E-state index < -0.39 is 0 Å². The zero-order valence-corrected chi connectivity index (χ0v) is 17.8. The molecule has 0 unspecified atom stereocenters. The second-order valence-corrected chi connectivity index (χ2v) is 7.29. The summed E-state index contributed by atoms with van der Waals surface area (Å²) in [6, 6.07) is 24.6. The van der Waals surface area contributed by atoms with E-state index in [0.29, 0.717) is 17.9 Å². The van der Waals surface area contributed by atoms with Crippen molar-refractivity contribution in [1.29, 1.82) is 0 Å². The van der Waals surface area contributed by atoms with Crippen LogP contribution >= 0.6 is 0 Å². The van der Waals surface area contributed by atoms with Gasteiger partial charge in [0.1, 0.15) is 5.75 Å². The van der Waals surface area contributed by atoms with Crippen LogP contribution in [0.4, 0.5) is 11.4 Å². The van der Waals surface area contributed by atoms with Gasteiger partial charge in [0, 0.05) is 43.5 Å². The van der Waals surface area contributed by atoms with Crippen molar-refractivity contribution >= 4 is 23.2 Å². The number of amides is 2. The smallest absolute Gasteiger partial charge is 0.253 e. The minimum absolute atomic E-state index is 0.0966. The lowest BCUT2D eigenvalue weighted by Gasteiger charge is -2.12. The van der Waals surface area contributed by atoms with Crippen LogP contribution in [0.1, 0.15) is 15.9 Å². The first-order valence-corrected chi connectivity index (χ1v) is 10.1. The highest BCUT2D eigenvalue weighted by molar-refractivity contribution is 5.97. The van der Waals surface area contributed by atoms with E-state index in [-0.39, 0.29) is 18.4 Å². The monoisotopic (exact) mass is 417 g/mol. The number of anilines is 2. The average Bonchev–Trinajstić information content (AvgIpc) is 2.78. The molecular weight excluding hydrogens is 390 g/mol. The fourth-order valence-corrected chi connectivity index (χ4v) is 3.00. The van der Waals surface area contributed by atoms with Gasteiger partial charge >= 0.3 is 0 Å². The van der Waals surface area contributed by atoms with Gasteiger partial charge in [-0.1, -0.05) is 42.5 Å². The van der Waals surface area contributed by atoms with Crippen molar-refractivity contribution in [3.8, 4) is 5.75 Å². The predicted molar refractivity (Wildman–Crippen MR) is 124 cm³/mol. The fourth-order valence-electron chi connectivity index (χ4n) is 3.00. The van der Waals surface area contributed by atoms with Gasteiger partial charge in [0.15, 0.2) is 0 Å².